The van der Waals surface area contributed by atoms with E-state index in [2.05, 4.69) is 5.32 Å². The quantitative estimate of drug-likeness (QED) is 0.585. The van der Waals surface area contributed by atoms with Crippen molar-refractivity contribution in [2.45, 2.75) is 31.7 Å². The Morgan fingerprint density at radius 3 is 2.54 bits per heavy atom. The van der Waals surface area contributed by atoms with Gasteiger partial charge < -0.3 is 16.2 Å². The predicted octanol–water partition coefficient (Wildman–Crippen LogP) is 0.178. The molecule has 4 heteroatoms. The summed E-state index contributed by atoms with van der Waals surface area (Å²) in [7, 11) is 0. The molecule has 0 bridgehead atoms. The molecule has 76 valence electrons. The molecule has 0 spiro atoms. The molecule has 4 nitrogen and oxygen atoms in total. The van der Waals surface area contributed by atoms with Crippen LogP contribution in [0.15, 0.2) is 0 Å². The summed E-state index contributed by atoms with van der Waals surface area (Å²) >= 11 is 0. The fourth-order valence-electron chi connectivity index (χ4n) is 1.78. The van der Waals surface area contributed by atoms with Crippen molar-refractivity contribution in [2.24, 2.45) is 11.7 Å². The molecule has 13 heavy (non-hydrogen) atoms. The Hall–Kier alpha value is -0.610. The third-order valence-corrected chi connectivity index (χ3v) is 2.60. The minimum absolute atomic E-state index is 0.0720. The molecule has 0 aromatic rings. The number of nitrogens with one attached hydrogen (secondary N) is 1. The largest absolute Gasteiger partial charge is 0.480 e. The average Bonchev–Trinajstić information content (AvgIpc) is 2.08. The molecule has 0 amide bonds. The van der Waals surface area contributed by atoms with Gasteiger partial charge in [0.1, 0.15) is 0 Å². The van der Waals surface area contributed by atoms with Crippen LogP contribution in [0.2, 0.25) is 0 Å². The lowest BCUT2D eigenvalue weighted by Gasteiger charge is -2.25. The number of carboxylic acids is 1. The molecule has 0 radical (unpaired) electrons. The van der Waals surface area contributed by atoms with E-state index < -0.39 is 5.97 Å². The van der Waals surface area contributed by atoms with Crippen LogP contribution in [0.5, 0.6) is 0 Å². The van der Waals surface area contributed by atoms with E-state index in [1.165, 1.54) is 0 Å². The van der Waals surface area contributed by atoms with Crippen LogP contribution < -0.4 is 11.1 Å². The molecule has 1 aliphatic rings. The second kappa shape index (κ2) is 5.19. The normalized spacial score (nSPS) is 28.7. The zero-order valence-electron chi connectivity index (χ0n) is 7.83. The Labute approximate surface area is 78.5 Å². The Morgan fingerprint density at radius 2 is 2.00 bits per heavy atom. The van der Waals surface area contributed by atoms with Gasteiger partial charge in [-0.2, -0.15) is 0 Å². The predicted molar refractivity (Wildman–Crippen MR) is 50.4 cm³/mol. The second-order valence-corrected chi connectivity index (χ2v) is 3.81. The minimum Gasteiger partial charge on any atom is -0.480 e. The van der Waals surface area contributed by atoms with Crippen molar-refractivity contribution in [1.29, 1.82) is 0 Å². The van der Waals surface area contributed by atoms with E-state index in [1.54, 1.807) is 0 Å². The molecular weight excluding hydrogens is 168 g/mol. The molecular formula is C9H18N2O2. The number of carboxylic acid groups (broad SMARTS) is 1. The number of hydrogen-bond acceptors (Lipinski definition) is 3. The van der Waals surface area contributed by atoms with Gasteiger partial charge in [0.15, 0.2) is 0 Å². The Kier molecular flexibility index (Phi) is 4.18. The van der Waals surface area contributed by atoms with Crippen LogP contribution in [0, 0.1) is 5.92 Å². The summed E-state index contributed by atoms with van der Waals surface area (Å²) in [6.07, 6.45) is 4.43. The molecule has 4 N–H and O–H groups in total. The van der Waals surface area contributed by atoms with Crippen molar-refractivity contribution in [3.63, 3.8) is 0 Å². The number of carbonyl (C=O) groups is 1. The molecule has 0 saturated heterocycles. The van der Waals surface area contributed by atoms with E-state index >= 15 is 0 Å². The van der Waals surface area contributed by atoms with Gasteiger partial charge in [0.05, 0.1) is 6.54 Å². The van der Waals surface area contributed by atoms with Gasteiger partial charge in [-0.15, -0.1) is 0 Å². The molecule has 0 aromatic carbocycles. The van der Waals surface area contributed by atoms with E-state index in [0.29, 0.717) is 12.0 Å². The maximum Gasteiger partial charge on any atom is 0.317 e. The highest BCUT2D eigenvalue weighted by molar-refractivity contribution is 5.68. The Balaban J connectivity index is 2.05. The summed E-state index contributed by atoms with van der Waals surface area (Å²) in [6.45, 7) is 0.890. The topological polar surface area (TPSA) is 75.3 Å². The lowest BCUT2D eigenvalue weighted by atomic mass is 9.86. The first-order chi connectivity index (χ1) is 6.18. The van der Waals surface area contributed by atoms with Gasteiger partial charge in [0, 0.05) is 6.04 Å². The van der Waals surface area contributed by atoms with Crippen LogP contribution in [-0.4, -0.2) is 30.2 Å². The molecule has 0 heterocycles. The van der Waals surface area contributed by atoms with Gasteiger partial charge in [-0.3, -0.25) is 4.79 Å². The highest BCUT2D eigenvalue weighted by Crippen LogP contribution is 2.22. The molecule has 1 aliphatic carbocycles. The monoisotopic (exact) mass is 186 g/mol. The van der Waals surface area contributed by atoms with Crippen LogP contribution in [0.4, 0.5) is 0 Å². The van der Waals surface area contributed by atoms with Crippen molar-refractivity contribution >= 4 is 5.97 Å². The summed E-state index contributed by atoms with van der Waals surface area (Å²) in [6, 6.07) is 0.371. The SMILES string of the molecule is NC1CCC(CNCC(=O)O)CC1. The average molecular weight is 186 g/mol. The van der Waals surface area contributed by atoms with Crippen LogP contribution in [0.25, 0.3) is 0 Å². The summed E-state index contributed by atoms with van der Waals surface area (Å²) < 4.78 is 0. The van der Waals surface area contributed by atoms with Gasteiger partial charge in [-0.1, -0.05) is 0 Å². The first-order valence-electron chi connectivity index (χ1n) is 4.86. The van der Waals surface area contributed by atoms with Crippen molar-refractivity contribution in [1.82, 2.24) is 5.32 Å². The van der Waals surface area contributed by atoms with Crippen LogP contribution >= 0.6 is 0 Å². The van der Waals surface area contributed by atoms with Crippen LogP contribution in [0.1, 0.15) is 25.7 Å². The molecule has 0 aliphatic heterocycles. The maximum absolute atomic E-state index is 10.2. The first kappa shape index (κ1) is 10.5. The molecule has 0 unspecified atom stereocenters. The lowest BCUT2D eigenvalue weighted by Crippen LogP contribution is -2.33. The van der Waals surface area contributed by atoms with Crippen molar-refractivity contribution in [3.8, 4) is 0 Å². The zero-order valence-corrected chi connectivity index (χ0v) is 7.83. The fraction of sp³-hybridized carbons (Fsp3) is 0.889. The summed E-state index contributed by atoms with van der Waals surface area (Å²) in [5.41, 5.74) is 5.76. The van der Waals surface area contributed by atoms with Gasteiger partial charge in [0.2, 0.25) is 0 Å². The molecule has 0 aromatic heterocycles. The zero-order chi connectivity index (χ0) is 9.68. The van der Waals surface area contributed by atoms with Gasteiger partial charge in [-0.05, 0) is 38.1 Å². The van der Waals surface area contributed by atoms with Crippen LogP contribution in [-0.2, 0) is 4.79 Å². The highest BCUT2D eigenvalue weighted by atomic mass is 16.4. The number of rotatable bonds is 4. The van der Waals surface area contributed by atoms with E-state index in [9.17, 15) is 4.79 Å². The number of hydrogen-bond donors (Lipinski definition) is 3. The third-order valence-electron chi connectivity index (χ3n) is 2.60. The van der Waals surface area contributed by atoms with Gasteiger partial charge in [0.25, 0.3) is 0 Å². The molecule has 1 fully saturated rings. The molecule has 0 atom stereocenters. The smallest absolute Gasteiger partial charge is 0.317 e. The van der Waals surface area contributed by atoms with E-state index in [-0.39, 0.29) is 6.54 Å². The van der Waals surface area contributed by atoms with Crippen molar-refractivity contribution < 1.29 is 9.90 Å². The van der Waals surface area contributed by atoms with E-state index in [1.807, 2.05) is 0 Å². The lowest BCUT2D eigenvalue weighted by molar-refractivity contribution is -0.136. The van der Waals surface area contributed by atoms with Gasteiger partial charge >= 0.3 is 5.97 Å². The Bertz CT molecular complexity index is 165. The fourth-order valence-corrected chi connectivity index (χ4v) is 1.78. The van der Waals surface area contributed by atoms with Gasteiger partial charge in [-0.25, -0.2) is 0 Å². The van der Waals surface area contributed by atoms with E-state index in [0.717, 1.165) is 32.2 Å². The molecule has 1 rings (SSSR count). The van der Waals surface area contributed by atoms with Crippen molar-refractivity contribution in [3.05, 3.63) is 0 Å². The minimum atomic E-state index is -0.785. The molecule has 1 saturated carbocycles. The Morgan fingerprint density at radius 1 is 1.38 bits per heavy atom. The van der Waals surface area contributed by atoms with Crippen LogP contribution in [0.3, 0.4) is 0 Å². The summed E-state index contributed by atoms with van der Waals surface area (Å²) in [5, 5.41) is 11.3. The first-order valence-corrected chi connectivity index (χ1v) is 4.86. The number of nitrogens with two attached hydrogens (primary N) is 1. The van der Waals surface area contributed by atoms with Crippen molar-refractivity contribution in [2.75, 3.05) is 13.1 Å². The standard InChI is InChI=1S/C9H18N2O2/c10-8-3-1-7(2-4-8)5-11-6-9(12)13/h7-8,11H,1-6,10H2,(H,12,13). The number of aliphatic carboxylic acids is 1. The highest BCUT2D eigenvalue weighted by Gasteiger charge is 2.17. The maximum atomic E-state index is 10.2. The third kappa shape index (κ3) is 4.24. The summed E-state index contributed by atoms with van der Waals surface area (Å²) in [5.74, 6) is -0.160. The summed E-state index contributed by atoms with van der Waals surface area (Å²) in [4.78, 5) is 10.2. The van der Waals surface area contributed by atoms with E-state index in [4.69, 9.17) is 10.8 Å². The second-order valence-electron chi connectivity index (χ2n) is 3.81.